The van der Waals surface area contributed by atoms with Crippen molar-refractivity contribution < 1.29 is 50.5 Å². The number of benzene rings is 3. The molecule has 0 radical (unpaired) electrons. The van der Waals surface area contributed by atoms with Crippen LogP contribution in [0.2, 0.25) is 0 Å². The quantitative estimate of drug-likeness (QED) is 0.278. The number of carbonyl (C=O) groups is 2. The summed E-state index contributed by atoms with van der Waals surface area (Å²) in [5, 5.41) is 12.4. The number of hydrogen-bond donors (Lipinski definition) is 2. The van der Waals surface area contributed by atoms with Gasteiger partial charge in [-0.15, -0.1) is 13.2 Å². The Morgan fingerprint density at radius 1 is 0.949 bits per heavy atom. The molecule has 3 rings (SSSR count). The molecule has 0 aromatic heterocycles. The third-order valence-corrected chi connectivity index (χ3v) is 6.30. The van der Waals surface area contributed by atoms with Gasteiger partial charge in [-0.3, -0.25) is 4.79 Å². The van der Waals surface area contributed by atoms with Crippen molar-refractivity contribution in [2.75, 3.05) is 0 Å². The molecular weight excluding hydrogens is 532 g/mol. The van der Waals surface area contributed by atoms with Crippen molar-refractivity contribution in [3.8, 4) is 11.5 Å². The minimum absolute atomic E-state index is 0.0591. The number of fused-ring (bicyclic) bond motifs is 1. The molecule has 6 nitrogen and oxygen atoms in total. The van der Waals surface area contributed by atoms with Gasteiger partial charge in [0.15, 0.2) is 0 Å². The molecule has 1 amide bonds. The molecule has 210 valence electrons. The maximum absolute atomic E-state index is 13.5. The summed E-state index contributed by atoms with van der Waals surface area (Å²) in [6.07, 6.45) is -9.19. The van der Waals surface area contributed by atoms with Gasteiger partial charge in [-0.25, -0.2) is 4.79 Å². The van der Waals surface area contributed by atoms with Gasteiger partial charge < -0.3 is 19.9 Å². The summed E-state index contributed by atoms with van der Waals surface area (Å²) in [7, 11) is 0. The van der Waals surface area contributed by atoms with Crippen LogP contribution in [0.15, 0.2) is 54.6 Å². The van der Waals surface area contributed by atoms with E-state index in [1.54, 1.807) is 20.8 Å². The predicted molar refractivity (Wildman–Crippen MR) is 129 cm³/mol. The monoisotopic (exact) mass is 557 g/mol. The molecule has 0 spiro atoms. The number of ether oxygens (including phenoxy) is 2. The smallest absolute Gasteiger partial charge is 0.487 e. The molecular formula is C27H25F6NO5. The first-order valence-electron chi connectivity index (χ1n) is 11.7. The minimum Gasteiger partial charge on any atom is -0.487 e. The number of aliphatic carboxylic acids is 1. The number of carboxylic acids is 1. The third kappa shape index (κ3) is 7.33. The number of amides is 1. The van der Waals surface area contributed by atoms with Crippen molar-refractivity contribution >= 4 is 22.6 Å². The maximum Gasteiger partial charge on any atom is 0.573 e. The number of carbonyl (C=O) groups excluding carboxylic acids is 1. The number of carboxylic acid groups (broad SMARTS) is 1. The van der Waals surface area contributed by atoms with Crippen LogP contribution in [0.4, 0.5) is 26.3 Å². The lowest BCUT2D eigenvalue weighted by Crippen LogP contribution is -2.50. The fourth-order valence-electron chi connectivity index (χ4n) is 3.75. The Balaban J connectivity index is 2.03. The lowest BCUT2D eigenvalue weighted by Gasteiger charge is -2.31. The third-order valence-electron chi connectivity index (χ3n) is 6.30. The van der Waals surface area contributed by atoms with E-state index in [-0.39, 0.29) is 23.3 Å². The highest BCUT2D eigenvalue weighted by Crippen LogP contribution is 2.37. The molecule has 0 saturated heterocycles. The van der Waals surface area contributed by atoms with Crippen molar-refractivity contribution in [2.24, 2.45) is 5.41 Å². The summed E-state index contributed by atoms with van der Waals surface area (Å²) in [4.78, 5) is 25.2. The summed E-state index contributed by atoms with van der Waals surface area (Å²) in [5.74, 6) is -2.90. The SMILES string of the molecule is CCC(C)(C)C(NC(=O)c1ccc2ccc(C(F)(F)F)cc2c1OCc1ccc(OC(F)(F)F)cc1)C(=O)O. The molecule has 2 N–H and O–H groups in total. The molecule has 0 bridgehead atoms. The van der Waals surface area contributed by atoms with Gasteiger partial charge in [-0.05, 0) is 53.1 Å². The second-order valence-electron chi connectivity index (χ2n) is 9.44. The van der Waals surface area contributed by atoms with Crippen molar-refractivity contribution in [2.45, 2.75) is 52.4 Å². The standard InChI is InChI=1S/C27H25F6NO5/c1-4-25(2,3)22(24(36)37)34-23(35)19-12-8-16-7-9-17(26(28,29)30)13-20(16)21(19)38-14-15-5-10-18(11-6-15)39-27(31,32)33/h5-13,22H,4,14H2,1-3H3,(H,34,35)(H,36,37). The van der Waals surface area contributed by atoms with Crippen molar-refractivity contribution in [3.63, 3.8) is 0 Å². The first-order chi connectivity index (χ1) is 18.0. The zero-order valence-electron chi connectivity index (χ0n) is 21.0. The van der Waals surface area contributed by atoms with Crippen LogP contribution in [0.5, 0.6) is 11.5 Å². The molecule has 0 aliphatic carbocycles. The Labute approximate surface area is 219 Å². The highest BCUT2D eigenvalue weighted by Gasteiger charge is 2.36. The van der Waals surface area contributed by atoms with Crippen LogP contribution >= 0.6 is 0 Å². The van der Waals surface area contributed by atoms with E-state index in [0.29, 0.717) is 17.4 Å². The van der Waals surface area contributed by atoms with Gasteiger partial charge >= 0.3 is 18.5 Å². The fraction of sp³-hybridized carbons (Fsp3) is 0.333. The van der Waals surface area contributed by atoms with E-state index in [1.165, 1.54) is 30.3 Å². The van der Waals surface area contributed by atoms with Crippen molar-refractivity contribution in [1.82, 2.24) is 5.32 Å². The second-order valence-corrected chi connectivity index (χ2v) is 9.44. The lowest BCUT2D eigenvalue weighted by molar-refractivity contribution is -0.274. The Morgan fingerprint density at radius 3 is 2.10 bits per heavy atom. The van der Waals surface area contributed by atoms with E-state index in [2.05, 4.69) is 10.1 Å². The Morgan fingerprint density at radius 2 is 1.56 bits per heavy atom. The van der Waals surface area contributed by atoms with Gasteiger partial charge in [0.2, 0.25) is 0 Å². The van der Waals surface area contributed by atoms with Gasteiger partial charge in [0.1, 0.15) is 24.1 Å². The highest BCUT2D eigenvalue weighted by molar-refractivity contribution is 6.05. The number of rotatable bonds is 9. The summed E-state index contributed by atoms with van der Waals surface area (Å²) >= 11 is 0. The van der Waals surface area contributed by atoms with E-state index in [9.17, 15) is 41.0 Å². The summed E-state index contributed by atoms with van der Waals surface area (Å²) in [6.45, 7) is 4.71. The van der Waals surface area contributed by atoms with E-state index in [0.717, 1.165) is 24.3 Å². The van der Waals surface area contributed by atoms with Crippen LogP contribution in [-0.4, -0.2) is 29.4 Å². The maximum atomic E-state index is 13.5. The van der Waals surface area contributed by atoms with Crippen LogP contribution in [-0.2, 0) is 17.6 Å². The molecule has 3 aromatic carbocycles. The van der Waals surface area contributed by atoms with E-state index in [4.69, 9.17) is 4.74 Å². The minimum atomic E-state index is -4.89. The Kier molecular flexibility index (Phi) is 8.37. The fourth-order valence-corrected chi connectivity index (χ4v) is 3.75. The zero-order valence-corrected chi connectivity index (χ0v) is 21.0. The number of hydrogen-bond acceptors (Lipinski definition) is 4. The molecule has 1 atom stereocenters. The predicted octanol–water partition coefficient (Wildman–Crippen LogP) is 6.96. The van der Waals surface area contributed by atoms with E-state index < -0.39 is 47.2 Å². The van der Waals surface area contributed by atoms with Gasteiger partial charge in [0.05, 0.1) is 11.1 Å². The molecule has 1 unspecified atom stereocenters. The first-order valence-corrected chi connectivity index (χ1v) is 11.7. The number of nitrogens with one attached hydrogen (secondary N) is 1. The molecule has 0 heterocycles. The lowest BCUT2D eigenvalue weighted by atomic mass is 9.81. The largest absolute Gasteiger partial charge is 0.573 e. The van der Waals surface area contributed by atoms with Crippen LogP contribution in [0.25, 0.3) is 10.8 Å². The molecule has 0 fully saturated rings. The average Bonchev–Trinajstić information content (AvgIpc) is 2.84. The summed E-state index contributed by atoms with van der Waals surface area (Å²) in [6, 6.07) is 8.87. The van der Waals surface area contributed by atoms with Crippen LogP contribution in [0, 0.1) is 5.41 Å². The second kappa shape index (κ2) is 11.0. The van der Waals surface area contributed by atoms with Crippen molar-refractivity contribution in [1.29, 1.82) is 0 Å². The highest BCUT2D eigenvalue weighted by atomic mass is 19.4. The molecule has 0 aliphatic heterocycles. The number of halogens is 6. The summed E-state index contributed by atoms with van der Waals surface area (Å²) < 4.78 is 87.3. The molecule has 39 heavy (non-hydrogen) atoms. The summed E-state index contributed by atoms with van der Waals surface area (Å²) in [5.41, 5.74) is -1.74. The van der Waals surface area contributed by atoms with Crippen LogP contribution in [0.1, 0.15) is 48.7 Å². The molecule has 0 aliphatic rings. The Bertz CT molecular complexity index is 1350. The van der Waals surface area contributed by atoms with Crippen LogP contribution in [0.3, 0.4) is 0 Å². The van der Waals surface area contributed by atoms with Crippen molar-refractivity contribution in [3.05, 3.63) is 71.3 Å². The van der Waals surface area contributed by atoms with Gasteiger partial charge in [0, 0.05) is 5.39 Å². The normalized spacial score (nSPS) is 13.2. The molecule has 12 heteroatoms. The zero-order chi connectivity index (χ0) is 29.2. The van der Waals surface area contributed by atoms with Crippen LogP contribution < -0.4 is 14.8 Å². The van der Waals surface area contributed by atoms with E-state index in [1.807, 2.05) is 0 Å². The van der Waals surface area contributed by atoms with E-state index >= 15 is 0 Å². The van der Waals surface area contributed by atoms with Gasteiger partial charge in [-0.1, -0.05) is 45.0 Å². The number of alkyl halides is 6. The molecule has 0 saturated carbocycles. The Hall–Kier alpha value is -3.96. The van der Waals surface area contributed by atoms with Gasteiger partial charge in [0.25, 0.3) is 5.91 Å². The van der Waals surface area contributed by atoms with Gasteiger partial charge in [-0.2, -0.15) is 13.2 Å². The first kappa shape index (κ1) is 29.6. The average molecular weight is 557 g/mol. The topological polar surface area (TPSA) is 84.9 Å². The molecule has 3 aromatic rings.